The zero-order chi connectivity index (χ0) is 19.1. The monoisotopic (exact) mass is 386 g/mol. The predicted molar refractivity (Wildman–Crippen MR) is 102 cm³/mol. The Balaban J connectivity index is 1.37. The summed E-state index contributed by atoms with van der Waals surface area (Å²) in [6.07, 6.45) is 2.08. The lowest BCUT2D eigenvalue weighted by atomic mass is 10.1. The molecular formula is C18H18N4O4S. The highest BCUT2D eigenvalue weighted by molar-refractivity contribution is 8.15. The molecule has 0 bridgehead atoms. The van der Waals surface area contributed by atoms with Crippen LogP contribution < -0.4 is 20.7 Å². The molecule has 0 saturated carbocycles. The number of nitrogens with one attached hydrogen (secondary N) is 3. The van der Waals surface area contributed by atoms with Gasteiger partial charge in [-0.25, -0.2) is 9.78 Å². The van der Waals surface area contributed by atoms with Crippen molar-refractivity contribution in [1.29, 1.82) is 0 Å². The van der Waals surface area contributed by atoms with Crippen molar-refractivity contribution >= 4 is 34.8 Å². The van der Waals surface area contributed by atoms with Gasteiger partial charge < -0.3 is 10.1 Å². The Bertz CT molecular complexity index is 814. The molecule has 1 aromatic heterocycles. The van der Waals surface area contributed by atoms with Crippen molar-refractivity contribution < 1.29 is 19.1 Å². The molecule has 27 heavy (non-hydrogen) atoms. The maximum Gasteiger partial charge on any atom is 0.320 e. The molecule has 8 nitrogen and oxygen atoms in total. The van der Waals surface area contributed by atoms with E-state index in [4.69, 9.17) is 4.74 Å². The summed E-state index contributed by atoms with van der Waals surface area (Å²) in [6, 6.07) is 12.2. The number of ether oxygens (including phenoxy) is 1. The second kappa shape index (κ2) is 9.04. The molecule has 1 unspecified atom stereocenters. The maximum absolute atomic E-state index is 11.7. The van der Waals surface area contributed by atoms with E-state index in [2.05, 4.69) is 20.9 Å². The number of urea groups is 1. The predicted octanol–water partition coefficient (Wildman–Crippen LogP) is 2.18. The van der Waals surface area contributed by atoms with E-state index in [-0.39, 0.29) is 22.4 Å². The summed E-state index contributed by atoms with van der Waals surface area (Å²) in [5.41, 5.74) is 0.942. The summed E-state index contributed by atoms with van der Waals surface area (Å²) in [6.45, 7) is 0.645. The van der Waals surface area contributed by atoms with Crippen molar-refractivity contribution in [2.24, 2.45) is 0 Å². The fourth-order valence-corrected chi connectivity index (χ4v) is 3.25. The van der Waals surface area contributed by atoms with Crippen LogP contribution in [-0.2, 0) is 11.2 Å². The van der Waals surface area contributed by atoms with Crippen LogP contribution >= 0.6 is 11.8 Å². The Labute approximate surface area is 160 Å². The molecule has 0 radical (unpaired) electrons. The molecule has 4 amide bonds. The van der Waals surface area contributed by atoms with E-state index in [1.54, 1.807) is 36.5 Å². The van der Waals surface area contributed by atoms with Crippen molar-refractivity contribution in [1.82, 2.24) is 15.6 Å². The number of benzene rings is 1. The summed E-state index contributed by atoms with van der Waals surface area (Å²) < 4.78 is 5.57. The van der Waals surface area contributed by atoms with Crippen molar-refractivity contribution in [3.63, 3.8) is 0 Å². The van der Waals surface area contributed by atoms with Crippen LogP contribution in [0.3, 0.4) is 0 Å². The van der Waals surface area contributed by atoms with Crippen molar-refractivity contribution in [2.75, 3.05) is 18.5 Å². The lowest BCUT2D eigenvalue weighted by Crippen LogP contribution is -2.32. The molecule has 2 aromatic rings. The molecule has 3 N–H and O–H groups in total. The lowest BCUT2D eigenvalue weighted by molar-refractivity contribution is -0.118. The maximum atomic E-state index is 11.7. The lowest BCUT2D eigenvalue weighted by Gasteiger charge is -2.10. The molecule has 140 valence electrons. The van der Waals surface area contributed by atoms with Gasteiger partial charge in [-0.2, -0.15) is 0 Å². The van der Waals surface area contributed by atoms with Crippen LogP contribution in [0.15, 0.2) is 48.7 Å². The molecule has 1 aromatic carbocycles. The highest BCUT2D eigenvalue weighted by Gasteiger charge is 2.31. The second-order valence-electron chi connectivity index (χ2n) is 5.68. The van der Waals surface area contributed by atoms with E-state index < -0.39 is 0 Å². The molecule has 3 rings (SSSR count). The van der Waals surface area contributed by atoms with E-state index in [9.17, 15) is 14.4 Å². The SMILES string of the molecule is O=C(NCCOc1ccc(CC2SC(=O)NC2=O)cc1)Nc1ccccn1. The number of amides is 4. The van der Waals surface area contributed by atoms with E-state index in [0.29, 0.717) is 31.1 Å². The highest BCUT2D eigenvalue weighted by atomic mass is 32.2. The number of anilines is 1. The number of hydrogen-bond acceptors (Lipinski definition) is 6. The van der Waals surface area contributed by atoms with Gasteiger partial charge in [0.25, 0.3) is 5.24 Å². The highest BCUT2D eigenvalue weighted by Crippen LogP contribution is 2.23. The van der Waals surface area contributed by atoms with Gasteiger partial charge in [-0.15, -0.1) is 0 Å². The Kier molecular flexibility index (Phi) is 6.26. The van der Waals surface area contributed by atoms with E-state index in [1.807, 2.05) is 12.1 Å². The largest absolute Gasteiger partial charge is 0.492 e. The molecule has 2 heterocycles. The smallest absolute Gasteiger partial charge is 0.320 e. The molecular weight excluding hydrogens is 368 g/mol. The van der Waals surface area contributed by atoms with Gasteiger partial charge in [0.15, 0.2) is 0 Å². The summed E-state index contributed by atoms with van der Waals surface area (Å²) >= 11 is 1.01. The molecule has 1 atom stereocenters. The van der Waals surface area contributed by atoms with Crippen LogP contribution in [0.5, 0.6) is 5.75 Å². The van der Waals surface area contributed by atoms with Gasteiger partial charge in [0.1, 0.15) is 18.2 Å². The summed E-state index contributed by atoms with van der Waals surface area (Å²) in [4.78, 5) is 38.5. The average Bonchev–Trinajstić information content (AvgIpc) is 2.98. The van der Waals surface area contributed by atoms with Crippen LogP contribution in [0.2, 0.25) is 0 Å². The van der Waals surface area contributed by atoms with Crippen LogP contribution in [0.4, 0.5) is 15.4 Å². The minimum absolute atomic E-state index is 0.250. The zero-order valence-corrected chi connectivity index (χ0v) is 15.1. The third-order valence-electron chi connectivity index (χ3n) is 3.67. The first kappa shape index (κ1) is 18.7. The molecule has 0 spiro atoms. The van der Waals surface area contributed by atoms with Crippen LogP contribution in [-0.4, -0.2) is 40.6 Å². The molecule has 1 aliphatic heterocycles. The normalized spacial score (nSPS) is 15.9. The first-order valence-electron chi connectivity index (χ1n) is 8.29. The summed E-state index contributed by atoms with van der Waals surface area (Å²) in [7, 11) is 0. The minimum Gasteiger partial charge on any atom is -0.492 e. The average molecular weight is 386 g/mol. The second-order valence-corrected chi connectivity index (χ2v) is 6.85. The van der Waals surface area contributed by atoms with E-state index >= 15 is 0 Å². The minimum atomic E-state index is -0.383. The molecule has 1 aliphatic rings. The Hall–Kier alpha value is -3.07. The zero-order valence-electron chi connectivity index (χ0n) is 14.3. The van der Waals surface area contributed by atoms with Gasteiger partial charge in [-0.1, -0.05) is 30.0 Å². The molecule has 0 aliphatic carbocycles. The van der Waals surface area contributed by atoms with E-state index in [1.165, 1.54) is 0 Å². The number of carbonyl (C=O) groups is 3. The number of carbonyl (C=O) groups excluding carboxylic acids is 3. The Morgan fingerprint density at radius 3 is 2.67 bits per heavy atom. The summed E-state index contributed by atoms with van der Waals surface area (Å²) in [5, 5.41) is 6.88. The van der Waals surface area contributed by atoms with Crippen LogP contribution in [0.25, 0.3) is 0 Å². The van der Waals surface area contributed by atoms with Gasteiger partial charge in [0.05, 0.1) is 11.8 Å². The van der Waals surface area contributed by atoms with Crippen LogP contribution in [0, 0.1) is 0 Å². The topological polar surface area (TPSA) is 109 Å². The van der Waals surface area contributed by atoms with Crippen molar-refractivity contribution in [3.05, 3.63) is 54.2 Å². The Morgan fingerprint density at radius 2 is 2.00 bits per heavy atom. The number of aromatic nitrogens is 1. The van der Waals surface area contributed by atoms with Gasteiger partial charge >= 0.3 is 6.03 Å². The van der Waals surface area contributed by atoms with Crippen LogP contribution in [0.1, 0.15) is 5.56 Å². The third kappa shape index (κ3) is 5.71. The van der Waals surface area contributed by atoms with Gasteiger partial charge in [-0.3, -0.25) is 20.2 Å². The first-order chi connectivity index (χ1) is 13.1. The number of thioether (sulfide) groups is 1. The van der Waals surface area contributed by atoms with Gasteiger partial charge in [0, 0.05) is 6.20 Å². The van der Waals surface area contributed by atoms with Crippen molar-refractivity contribution in [2.45, 2.75) is 11.7 Å². The molecule has 9 heteroatoms. The number of pyridine rings is 1. The molecule has 1 fully saturated rings. The fraction of sp³-hybridized carbons (Fsp3) is 0.222. The standard InChI is InChI=1S/C18H18N4O4S/c23-16-14(27-18(25)22-16)11-12-4-6-13(7-5-12)26-10-9-20-17(24)21-15-3-1-2-8-19-15/h1-8,14H,9-11H2,(H,22,23,25)(H2,19,20,21,24). The fourth-order valence-electron chi connectivity index (χ4n) is 2.39. The summed E-state index contributed by atoms with van der Waals surface area (Å²) in [5.74, 6) is 0.882. The quantitative estimate of drug-likeness (QED) is 0.629. The number of hydrogen-bond donors (Lipinski definition) is 3. The number of imide groups is 1. The van der Waals surface area contributed by atoms with Gasteiger partial charge in [0.2, 0.25) is 5.91 Å². The van der Waals surface area contributed by atoms with Crippen molar-refractivity contribution in [3.8, 4) is 5.75 Å². The van der Waals surface area contributed by atoms with E-state index in [0.717, 1.165) is 17.3 Å². The Morgan fingerprint density at radius 1 is 1.19 bits per heavy atom. The number of nitrogens with zero attached hydrogens (tertiary/aromatic N) is 1. The molecule has 1 saturated heterocycles. The van der Waals surface area contributed by atoms with Gasteiger partial charge in [-0.05, 0) is 36.2 Å². The number of rotatable bonds is 7. The first-order valence-corrected chi connectivity index (χ1v) is 9.17. The third-order valence-corrected chi connectivity index (χ3v) is 4.66.